The molecule has 0 N–H and O–H groups in total. The van der Waals surface area contributed by atoms with Crippen LogP contribution < -0.4 is 0 Å². The van der Waals surface area contributed by atoms with Crippen molar-refractivity contribution in [3.8, 4) is 0 Å². The molecule has 0 saturated heterocycles. The smallest absolute Gasteiger partial charge is 0.382 e. The lowest BCUT2D eigenvalue weighted by atomic mass is 10.2. The minimum Gasteiger partial charge on any atom is -0.395 e. The van der Waals surface area contributed by atoms with E-state index in [-0.39, 0.29) is 6.42 Å². The van der Waals surface area contributed by atoms with Crippen molar-refractivity contribution in [2.45, 2.75) is 26.7 Å². The standard InChI is InChI=1S/C8H12ClNO4/c1-3-5-13-10-7(6(11)4-2)8(12)14-9/h3-5H2,1-2H3. The molecule has 0 aliphatic heterocycles. The van der Waals surface area contributed by atoms with E-state index in [9.17, 15) is 9.59 Å². The Bertz CT molecular complexity index is 221. The lowest BCUT2D eigenvalue weighted by Crippen LogP contribution is -2.24. The number of nitrogens with zero attached hydrogens (tertiary/aromatic N) is 1. The molecule has 0 fully saturated rings. The predicted octanol–water partition coefficient (Wildman–Crippen LogP) is 1.45. The molecule has 0 aromatic rings. The normalized spacial score (nSPS) is 10.9. The first-order valence-corrected chi connectivity index (χ1v) is 4.54. The fourth-order valence-corrected chi connectivity index (χ4v) is 0.681. The molecule has 80 valence electrons. The molecule has 0 aromatic carbocycles. The zero-order chi connectivity index (χ0) is 11.0. The van der Waals surface area contributed by atoms with Crippen molar-refractivity contribution in [2.24, 2.45) is 5.16 Å². The lowest BCUT2D eigenvalue weighted by Gasteiger charge is -2.00. The van der Waals surface area contributed by atoms with Gasteiger partial charge in [-0.2, -0.15) is 0 Å². The monoisotopic (exact) mass is 221 g/mol. The number of oxime groups is 1. The molecule has 0 aliphatic rings. The first kappa shape index (κ1) is 12.9. The van der Waals surface area contributed by atoms with Gasteiger partial charge in [0.25, 0.3) is 0 Å². The average Bonchev–Trinajstić information content (AvgIpc) is 2.22. The first-order valence-electron chi connectivity index (χ1n) is 4.23. The fraction of sp³-hybridized carbons (Fsp3) is 0.625. The molecule has 0 heterocycles. The van der Waals surface area contributed by atoms with Crippen molar-refractivity contribution >= 4 is 29.3 Å². The predicted molar refractivity (Wildman–Crippen MR) is 50.9 cm³/mol. The highest BCUT2D eigenvalue weighted by molar-refractivity contribution is 6.65. The van der Waals surface area contributed by atoms with E-state index in [0.29, 0.717) is 6.61 Å². The van der Waals surface area contributed by atoms with Gasteiger partial charge in [-0.05, 0) is 6.42 Å². The Balaban J connectivity index is 4.46. The Morgan fingerprint density at radius 3 is 2.43 bits per heavy atom. The van der Waals surface area contributed by atoms with E-state index in [0.717, 1.165) is 6.42 Å². The van der Waals surface area contributed by atoms with Gasteiger partial charge < -0.3 is 9.13 Å². The van der Waals surface area contributed by atoms with Crippen LogP contribution >= 0.6 is 11.9 Å². The van der Waals surface area contributed by atoms with Crippen LogP contribution in [0.2, 0.25) is 0 Å². The van der Waals surface area contributed by atoms with E-state index in [2.05, 4.69) is 9.45 Å². The molecule has 0 aliphatic carbocycles. The third kappa shape index (κ3) is 4.23. The molecule has 0 rings (SSSR count). The largest absolute Gasteiger partial charge is 0.395 e. The Hall–Kier alpha value is -1.10. The number of ketones is 1. The molecule has 0 amide bonds. The van der Waals surface area contributed by atoms with E-state index in [1.807, 2.05) is 6.92 Å². The topological polar surface area (TPSA) is 65.0 Å². The average molecular weight is 222 g/mol. The molecule has 0 aromatic heterocycles. The minimum atomic E-state index is -0.991. The van der Waals surface area contributed by atoms with Gasteiger partial charge in [-0.15, -0.1) is 0 Å². The molecule has 0 bridgehead atoms. The SMILES string of the molecule is CCCON=C(C(=O)CC)C(=O)OCl. The summed E-state index contributed by atoms with van der Waals surface area (Å²) in [5, 5.41) is 3.36. The van der Waals surface area contributed by atoms with Crippen LogP contribution in [0.3, 0.4) is 0 Å². The zero-order valence-electron chi connectivity index (χ0n) is 8.08. The highest BCUT2D eigenvalue weighted by atomic mass is 35.5. The van der Waals surface area contributed by atoms with Gasteiger partial charge in [0.05, 0.1) is 0 Å². The molecule has 0 saturated carbocycles. The van der Waals surface area contributed by atoms with Crippen LogP contribution in [0.1, 0.15) is 26.7 Å². The van der Waals surface area contributed by atoms with Crippen LogP contribution in [0, 0.1) is 0 Å². The molecular formula is C8H12ClNO4. The summed E-state index contributed by atoms with van der Waals surface area (Å²) in [6.45, 7) is 3.80. The Labute approximate surface area is 87.2 Å². The third-order valence-corrected chi connectivity index (χ3v) is 1.44. The maximum absolute atomic E-state index is 11.1. The highest BCUT2D eigenvalue weighted by Gasteiger charge is 2.21. The molecule has 5 nitrogen and oxygen atoms in total. The summed E-state index contributed by atoms with van der Waals surface area (Å²) >= 11 is 4.82. The van der Waals surface area contributed by atoms with Crippen molar-refractivity contribution in [3.63, 3.8) is 0 Å². The van der Waals surface area contributed by atoms with Gasteiger partial charge in [-0.25, -0.2) is 4.79 Å². The lowest BCUT2D eigenvalue weighted by molar-refractivity contribution is -0.128. The summed E-state index contributed by atoms with van der Waals surface area (Å²) in [4.78, 5) is 26.8. The van der Waals surface area contributed by atoms with Crippen LogP contribution in [0.25, 0.3) is 0 Å². The van der Waals surface area contributed by atoms with Crippen LogP contribution in [-0.2, 0) is 18.7 Å². The van der Waals surface area contributed by atoms with Gasteiger partial charge >= 0.3 is 5.97 Å². The second-order valence-corrected chi connectivity index (χ2v) is 2.57. The van der Waals surface area contributed by atoms with E-state index in [1.54, 1.807) is 6.92 Å². The van der Waals surface area contributed by atoms with Crippen LogP contribution in [0.4, 0.5) is 0 Å². The molecule has 6 heteroatoms. The Morgan fingerprint density at radius 1 is 1.36 bits per heavy atom. The number of hydrogen-bond acceptors (Lipinski definition) is 5. The van der Waals surface area contributed by atoms with Crippen LogP contribution in [0.5, 0.6) is 0 Å². The summed E-state index contributed by atoms with van der Waals surface area (Å²) in [5.41, 5.74) is -0.407. The van der Waals surface area contributed by atoms with Gasteiger partial charge in [0.15, 0.2) is 5.78 Å². The van der Waals surface area contributed by atoms with Gasteiger partial charge in [0.2, 0.25) is 5.71 Å². The van der Waals surface area contributed by atoms with Crippen molar-refractivity contribution in [3.05, 3.63) is 0 Å². The number of carbonyl (C=O) groups excluding carboxylic acids is 2. The molecule has 0 radical (unpaired) electrons. The summed E-state index contributed by atoms with van der Waals surface area (Å²) in [6, 6.07) is 0. The van der Waals surface area contributed by atoms with Gasteiger partial charge in [0, 0.05) is 6.42 Å². The maximum Gasteiger partial charge on any atom is 0.382 e. The molecule has 0 atom stereocenters. The van der Waals surface area contributed by atoms with E-state index in [1.165, 1.54) is 0 Å². The van der Waals surface area contributed by atoms with Gasteiger partial charge in [-0.3, -0.25) is 4.79 Å². The Kier molecular flexibility index (Phi) is 6.74. The third-order valence-electron chi connectivity index (χ3n) is 1.30. The summed E-state index contributed by atoms with van der Waals surface area (Å²) < 4.78 is 3.87. The van der Waals surface area contributed by atoms with Crippen LogP contribution in [0.15, 0.2) is 5.16 Å². The Morgan fingerprint density at radius 2 is 2.00 bits per heavy atom. The number of Topliss-reactive ketones (excluding diaryl/α,β-unsaturated/α-hetero) is 1. The number of halogens is 1. The summed E-state index contributed by atoms with van der Waals surface area (Å²) in [7, 11) is 0. The molecular weight excluding hydrogens is 210 g/mol. The van der Waals surface area contributed by atoms with Crippen molar-refractivity contribution in [1.82, 2.24) is 0 Å². The van der Waals surface area contributed by atoms with Crippen molar-refractivity contribution < 1.29 is 18.7 Å². The number of carbonyl (C=O) groups is 2. The first-order chi connectivity index (χ1) is 6.67. The second kappa shape index (κ2) is 7.32. The van der Waals surface area contributed by atoms with Crippen LogP contribution in [-0.4, -0.2) is 24.1 Å². The van der Waals surface area contributed by atoms with E-state index in [4.69, 9.17) is 16.7 Å². The summed E-state index contributed by atoms with van der Waals surface area (Å²) in [5.74, 6) is -1.46. The van der Waals surface area contributed by atoms with E-state index >= 15 is 0 Å². The van der Waals surface area contributed by atoms with Crippen molar-refractivity contribution in [2.75, 3.05) is 6.61 Å². The zero-order valence-corrected chi connectivity index (χ0v) is 8.84. The summed E-state index contributed by atoms with van der Waals surface area (Å²) in [6.07, 6.45) is 0.868. The highest BCUT2D eigenvalue weighted by Crippen LogP contribution is 1.95. The molecule has 0 unspecified atom stereocenters. The fourth-order valence-electron chi connectivity index (χ4n) is 0.607. The number of rotatable bonds is 6. The maximum atomic E-state index is 11.1. The minimum absolute atomic E-state index is 0.139. The molecule has 0 spiro atoms. The van der Waals surface area contributed by atoms with Crippen molar-refractivity contribution in [1.29, 1.82) is 0 Å². The second-order valence-electron chi connectivity index (χ2n) is 2.41. The van der Waals surface area contributed by atoms with E-state index < -0.39 is 17.5 Å². The quantitative estimate of drug-likeness (QED) is 0.295. The van der Waals surface area contributed by atoms with Gasteiger partial charge in [0.1, 0.15) is 18.5 Å². The van der Waals surface area contributed by atoms with Gasteiger partial charge in [-0.1, -0.05) is 19.0 Å². The number of hydrogen-bond donors (Lipinski definition) is 0. The molecule has 14 heavy (non-hydrogen) atoms.